The highest BCUT2D eigenvalue weighted by Gasteiger charge is 2.25. The van der Waals surface area contributed by atoms with Gasteiger partial charge in [0.2, 0.25) is 0 Å². The first-order valence-corrected chi connectivity index (χ1v) is 16.8. The maximum atomic E-state index is 6.45. The number of hydrogen-bond donors (Lipinski definition) is 1. The van der Waals surface area contributed by atoms with Crippen molar-refractivity contribution in [2.24, 2.45) is 9.98 Å². The Bertz CT molecular complexity index is 2430. The number of allylic oxidation sites excluding steroid dienone is 4. The summed E-state index contributed by atoms with van der Waals surface area (Å²) < 4.78 is 6.45. The van der Waals surface area contributed by atoms with Gasteiger partial charge in [0.25, 0.3) is 0 Å². The molecule has 0 saturated heterocycles. The number of benzene rings is 6. The van der Waals surface area contributed by atoms with E-state index in [0.717, 1.165) is 68.4 Å². The standard InChI is InChI=1S/C45H33N3O/c1-4-12-30(13-5-1)32-20-22-33(23-21-32)34-24-26-36(27-25-34)44-46-43(35-16-8-3-9-17-35)47-45(48-44)39-28-37(31-14-6-2-7-15-31)29-41-42(39)38-18-10-11-19-40(38)49-41/h1-20,22,24-29,43H,21,23H2,(H,46,47,48). The van der Waals surface area contributed by atoms with Gasteiger partial charge in [-0.2, -0.15) is 0 Å². The highest BCUT2D eigenvalue weighted by atomic mass is 16.3. The van der Waals surface area contributed by atoms with Crippen LogP contribution in [-0.2, 0) is 0 Å². The number of fused-ring (bicyclic) bond motifs is 3. The Balaban J connectivity index is 1.14. The van der Waals surface area contributed by atoms with Crippen molar-refractivity contribution in [3.05, 3.63) is 192 Å². The molecule has 0 saturated carbocycles. The van der Waals surface area contributed by atoms with Gasteiger partial charge in [0, 0.05) is 21.9 Å². The molecule has 49 heavy (non-hydrogen) atoms. The van der Waals surface area contributed by atoms with Crippen LogP contribution in [0.4, 0.5) is 0 Å². The summed E-state index contributed by atoms with van der Waals surface area (Å²) in [6.07, 6.45) is 6.27. The Kier molecular flexibility index (Phi) is 7.32. The van der Waals surface area contributed by atoms with Crippen LogP contribution in [0.1, 0.15) is 46.8 Å². The van der Waals surface area contributed by atoms with Gasteiger partial charge in [0.15, 0.2) is 5.84 Å². The summed E-state index contributed by atoms with van der Waals surface area (Å²) in [7, 11) is 0. The molecule has 1 aromatic heterocycles. The molecule has 9 rings (SSSR count). The van der Waals surface area contributed by atoms with Gasteiger partial charge in [-0.25, -0.2) is 9.98 Å². The quantitative estimate of drug-likeness (QED) is 0.199. The number of para-hydroxylation sites is 1. The summed E-state index contributed by atoms with van der Waals surface area (Å²) in [6, 6.07) is 52.8. The fraction of sp³-hybridized carbons (Fsp3) is 0.0667. The Morgan fingerprint density at radius 2 is 1.12 bits per heavy atom. The molecule has 2 aliphatic rings. The van der Waals surface area contributed by atoms with Crippen molar-refractivity contribution in [3.63, 3.8) is 0 Å². The second-order valence-electron chi connectivity index (χ2n) is 12.6. The van der Waals surface area contributed by atoms with E-state index >= 15 is 0 Å². The SMILES string of the molecule is C1=C(c2ccccc2)CCC(c2ccc(C3=NC(c4ccccc4)NC(c4cc(-c5ccccc5)cc5oc6ccccc6c45)=N3)cc2)=C1. The van der Waals surface area contributed by atoms with Crippen LogP contribution in [0.3, 0.4) is 0 Å². The first kappa shape index (κ1) is 28.9. The second kappa shape index (κ2) is 12.4. The third-order valence-corrected chi connectivity index (χ3v) is 9.51. The highest BCUT2D eigenvalue weighted by Crippen LogP contribution is 2.37. The Labute approximate surface area is 285 Å². The summed E-state index contributed by atoms with van der Waals surface area (Å²) in [4.78, 5) is 10.4. The molecule has 7 aromatic rings. The second-order valence-corrected chi connectivity index (χ2v) is 12.6. The average molecular weight is 632 g/mol. The van der Waals surface area contributed by atoms with E-state index in [1.807, 2.05) is 24.3 Å². The third-order valence-electron chi connectivity index (χ3n) is 9.51. The molecule has 4 nitrogen and oxygen atoms in total. The molecule has 0 bridgehead atoms. The van der Waals surface area contributed by atoms with Gasteiger partial charge >= 0.3 is 0 Å². The Morgan fingerprint density at radius 1 is 0.531 bits per heavy atom. The first-order chi connectivity index (χ1) is 24.3. The van der Waals surface area contributed by atoms with E-state index < -0.39 is 0 Å². The maximum Gasteiger partial charge on any atom is 0.159 e. The van der Waals surface area contributed by atoms with Crippen molar-refractivity contribution < 1.29 is 4.42 Å². The lowest BCUT2D eigenvalue weighted by atomic mass is 9.90. The van der Waals surface area contributed by atoms with Crippen LogP contribution in [0.2, 0.25) is 0 Å². The van der Waals surface area contributed by atoms with Crippen LogP contribution in [0.25, 0.3) is 44.2 Å². The summed E-state index contributed by atoms with van der Waals surface area (Å²) in [5, 5.41) is 5.80. The van der Waals surface area contributed by atoms with E-state index in [-0.39, 0.29) is 6.17 Å². The molecule has 0 spiro atoms. The van der Waals surface area contributed by atoms with Crippen LogP contribution < -0.4 is 5.32 Å². The van der Waals surface area contributed by atoms with E-state index in [2.05, 4.69) is 145 Å². The van der Waals surface area contributed by atoms with E-state index in [9.17, 15) is 0 Å². The van der Waals surface area contributed by atoms with Gasteiger partial charge in [-0.05, 0) is 70.0 Å². The smallest absolute Gasteiger partial charge is 0.159 e. The number of furan rings is 1. The number of amidine groups is 2. The van der Waals surface area contributed by atoms with E-state index in [4.69, 9.17) is 14.4 Å². The molecule has 6 aromatic carbocycles. The van der Waals surface area contributed by atoms with Crippen LogP contribution in [0, 0.1) is 0 Å². The van der Waals surface area contributed by atoms with Gasteiger partial charge in [-0.1, -0.05) is 146 Å². The largest absolute Gasteiger partial charge is 0.456 e. The number of rotatable bonds is 6. The third kappa shape index (κ3) is 5.57. The van der Waals surface area contributed by atoms with Gasteiger partial charge in [-0.15, -0.1) is 0 Å². The van der Waals surface area contributed by atoms with Crippen molar-refractivity contribution in [1.82, 2.24) is 5.32 Å². The molecule has 1 aliphatic heterocycles. The molecule has 1 N–H and O–H groups in total. The zero-order valence-corrected chi connectivity index (χ0v) is 26.9. The summed E-state index contributed by atoms with van der Waals surface area (Å²) in [6.45, 7) is 0. The summed E-state index contributed by atoms with van der Waals surface area (Å²) >= 11 is 0. The lowest BCUT2D eigenvalue weighted by molar-refractivity contribution is 0.668. The zero-order valence-electron chi connectivity index (χ0n) is 26.9. The monoisotopic (exact) mass is 631 g/mol. The predicted octanol–water partition coefficient (Wildman–Crippen LogP) is 11.0. The van der Waals surface area contributed by atoms with Crippen LogP contribution in [-0.4, -0.2) is 11.7 Å². The number of nitrogens with one attached hydrogen (secondary N) is 1. The minimum Gasteiger partial charge on any atom is -0.456 e. The van der Waals surface area contributed by atoms with Crippen molar-refractivity contribution in [1.29, 1.82) is 0 Å². The predicted molar refractivity (Wildman–Crippen MR) is 203 cm³/mol. The van der Waals surface area contributed by atoms with E-state index in [0.29, 0.717) is 5.84 Å². The maximum absolute atomic E-state index is 6.45. The molecular weight excluding hydrogens is 599 g/mol. The normalized spacial score (nSPS) is 16.0. The minimum atomic E-state index is -0.306. The fourth-order valence-corrected chi connectivity index (χ4v) is 6.96. The van der Waals surface area contributed by atoms with Gasteiger partial charge in [0.1, 0.15) is 23.2 Å². The molecular formula is C45H33N3O. The van der Waals surface area contributed by atoms with E-state index in [1.165, 1.54) is 22.3 Å². The molecule has 0 amide bonds. The molecule has 1 unspecified atom stereocenters. The topological polar surface area (TPSA) is 49.9 Å². The zero-order chi connectivity index (χ0) is 32.6. The van der Waals surface area contributed by atoms with Crippen LogP contribution in [0.5, 0.6) is 0 Å². The lowest BCUT2D eigenvalue weighted by Crippen LogP contribution is -2.33. The van der Waals surface area contributed by atoms with Gasteiger partial charge < -0.3 is 9.73 Å². The number of nitrogens with zero attached hydrogens (tertiary/aromatic N) is 2. The molecule has 0 fully saturated rings. The van der Waals surface area contributed by atoms with Crippen molar-refractivity contribution in [3.8, 4) is 11.1 Å². The molecule has 2 heterocycles. The highest BCUT2D eigenvalue weighted by molar-refractivity contribution is 6.22. The van der Waals surface area contributed by atoms with Crippen LogP contribution >= 0.6 is 0 Å². The van der Waals surface area contributed by atoms with Crippen LogP contribution in [0.15, 0.2) is 178 Å². The molecule has 1 aliphatic carbocycles. The Hall–Kier alpha value is -6.26. The lowest BCUT2D eigenvalue weighted by Gasteiger charge is -2.24. The Morgan fingerprint density at radius 3 is 1.82 bits per heavy atom. The molecule has 0 radical (unpaired) electrons. The van der Waals surface area contributed by atoms with Crippen molar-refractivity contribution in [2.75, 3.05) is 0 Å². The minimum absolute atomic E-state index is 0.306. The summed E-state index contributed by atoms with van der Waals surface area (Å²) in [5.74, 6) is 1.47. The van der Waals surface area contributed by atoms with Gasteiger partial charge in [0.05, 0.1) is 0 Å². The van der Waals surface area contributed by atoms with Crippen molar-refractivity contribution >= 4 is 44.8 Å². The number of aliphatic imine (C=N–C) groups is 2. The van der Waals surface area contributed by atoms with Crippen molar-refractivity contribution in [2.45, 2.75) is 19.0 Å². The van der Waals surface area contributed by atoms with Gasteiger partial charge in [-0.3, -0.25) is 0 Å². The number of hydrogen-bond acceptors (Lipinski definition) is 4. The molecule has 4 heteroatoms. The fourth-order valence-electron chi connectivity index (χ4n) is 6.96. The average Bonchev–Trinajstić information content (AvgIpc) is 3.57. The molecule has 1 atom stereocenters. The summed E-state index contributed by atoms with van der Waals surface area (Å²) in [5.41, 5.74) is 12.2. The first-order valence-electron chi connectivity index (χ1n) is 16.8. The molecule has 234 valence electrons. The van der Waals surface area contributed by atoms with E-state index in [1.54, 1.807) is 0 Å².